The quantitative estimate of drug-likeness (QED) is 0.433. The fourth-order valence-corrected chi connectivity index (χ4v) is 5.46. The molecule has 8 nitrogen and oxygen atoms in total. The van der Waals surface area contributed by atoms with Gasteiger partial charge in [-0.25, -0.2) is 4.79 Å². The van der Waals surface area contributed by atoms with Gasteiger partial charge in [0.25, 0.3) is 0 Å². The van der Waals surface area contributed by atoms with Crippen LogP contribution in [0.5, 0.6) is 0 Å². The highest BCUT2D eigenvalue weighted by atomic mass is 32.2. The van der Waals surface area contributed by atoms with E-state index in [4.69, 9.17) is 4.74 Å². The summed E-state index contributed by atoms with van der Waals surface area (Å²) in [6.45, 7) is 3.24. The maximum absolute atomic E-state index is 12.9. The van der Waals surface area contributed by atoms with Crippen LogP contribution in [0.15, 0.2) is 47.4 Å². The van der Waals surface area contributed by atoms with Crippen LogP contribution in [0.3, 0.4) is 0 Å². The van der Waals surface area contributed by atoms with Crippen LogP contribution in [0.2, 0.25) is 0 Å². The van der Waals surface area contributed by atoms with Gasteiger partial charge in [0.2, 0.25) is 5.91 Å². The minimum absolute atomic E-state index is 0.0402. The molecule has 2 aliphatic rings. The van der Waals surface area contributed by atoms with Crippen LogP contribution in [0.25, 0.3) is 0 Å². The first-order valence-corrected chi connectivity index (χ1v) is 13.4. The van der Waals surface area contributed by atoms with Crippen molar-refractivity contribution in [1.29, 1.82) is 0 Å². The lowest BCUT2D eigenvalue weighted by Gasteiger charge is -2.26. The number of carbonyl (C=O) groups excluding carboxylic acids is 2. The number of ether oxygens (including phenoxy) is 1. The largest absolute Gasteiger partial charge is 0.371 e. The van der Waals surface area contributed by atoms with Crippen LogP contribution < -0.4 is 16.0 Å². The Morgan fingerprint density at radius 3 is 2.83 bits per heavy atom. The van der Waals surface area contributed by atoms with Gasteiger partial charge < -0.3 is 30.7 Å². The van der Waals surface area contributed by atoms with Gasteiger partial charge in [-0.05, 0) is 54.8 Å². The molecule has 3 atom stereocenters. The summed E-state index contributed by atoms with van der Waals surface area (Å²) in [5.41, 5.74) is 3.89. The molecule has 1 fully saturated rings. The van der Waals surface area contributed by atoms with Crippen molar-refractivity contribution in [2.75, 3.05) is 31.3 Å². The molecule has 188 valence electrons. The molecule has 0 aromatic heterocycles. The second kappa shape index (κ2) is 11.8. The van der Waals surface area contributed by atoms with E-state index in [1.807, 2.05) is 48.4 Å². The minimum atomic E-state index is -0.748. The summed E-state index contributed by atoms with van der Waals surface area (Å²) in [7, 11) is 0. The molecule has 0 unspecified atom stereocenters. The number of amides is 3. The van der Waals surface area contributed by atoms with Gasteiger partial charge in [-0.3, -0.25) is 4.79 Å². The maximum atomic E-state index is 12.9. The normalized spacial score (nSPS) is 21.6. The number of carbonyl (C=O) groups is 2. The van der Waals surface area contributed by atoms with Gasteiger partial charge in [-0.2, -0.15) is 0 Å². The Morgan fingerprint density at radius 1 is 1.20 bits per heavy atom. The third-order valence-electron chi connectivity index (χ3n) is 6.54. The van der Waals surface area contributed by atoms with Crippen molar-refractivity contribution in [1.82, 2.24) is 15.5 Å². The van der Waals surface area contributed by atoms with E-state index < -0.39 is 6.23 Å². The van der Waals surface area contributed by atoms with E-state index in [1.165, 1.54) is 10.5 Å². The number of hydrogen-bond donors (Lipinski definition) is 4. The van der Waals surface area contributed by atoms with Gasteiger partial charge in [0.1, 0.15) is 6.23 Å². The zero-order valence-electron chi connectivity index (χ0n) is 20.3. The Kier molecular flexibility index (Phi) is 8.54. The topological polar surface area (TPSA) is 103 Å². The molecule has 9 heteroatoms. The number of likely N-dealkylation sites (tertiary alicyclic amines) is 1. The van der Waals surface area contributed by atoms with Crippen LogP contribution in [-0.4, -0.2) is 54.1 Å². The zero-order valence-corrected chi connectivity index (χ0v) is 21.1. The molecule has 2 heterocycles. The average Bonchev–Trinajstić information content (AvgIpc) is 3.31. The Labute approximate surface area is 210 Å². The molecule has 35 heavy (non-hydrogen) atoms. The zero-order chi connectivity index (χ0) is 24.8. The third kappa shape index (κ3) is 6.09. The summed E-state index contributed by atoms with van der Waals surface area (Å²) < 4.78 is 5.78. The van der Waals surface area contributed by atoms with Gasteiger partial charge >= 0.3 is 6.03 Å². The number of benzene rings is 2. The van der Waals surface area contributed by atoms with Crippen molar-refractivity contribution in [3.05, 3.63) is 59.2 Å². The van der Waals surface area contributed by atoms with Crippen LogP contribution in [0.4, 0.5) is 10.5 Å². The Hall–Kier alpha value is -2.75. The van der Waals surface area contributed by atoms with E-state index in [0.29, 0.717) is 13.1 Å². The molecule has 0 radical (unpaired) electrons. The number of hydrogen-bond acceptors (Lipinski definition) is 6. The number of aliphatic hydroxyl groups is 1. The Balaban J connectivity index is 1.31. The van der Waals surface area contributed by atoms with E-state index in [-0.39, 0.29) is 37.2 Å². The van der Waals surface area contributed by atoms with Gasteiger partial charge in [-0.15, -0.1) is 11.8 Å². The van der Waals surface area contributed by atoms with Crippen molar-refractivity contribution >= 4 is 29.4 Å². The van der Waals surface area contributed by atoms with E-state index in [1.54, 1.807) is 11.8 Å². The van der Waals surface area contributed by atoms with E-state index in [2.05, 4.69) is 28.1 Å². The molecule has 0 saturated carbocycles. The molecular weight excluding hydrogens is 464 g/mol. The van der Waals surface area contributed by atoms with Crippen molar-refractivity contribution in [2.24, 2.45) is 0 Å². The van der Waals surface area contributed by atoms with Crippen molar-refractivity contribution < 1.29 is 19.4 Å². The van der Waals surface area contributed by atoms with Gasteiger partial charge in [0.15, 0.2) is 0 Å². The molecule has 1 saturated heterocycles. The van der Waals surface area contributed by atoms with Gasteiger partial charge in [0, 0.05) is 29.2 Å². The summed E-state index contributed by atoms with van der Waals surface area (Å²) in [6, 6.07) is 13.7. The summed E-state index contributed by atoms with van der Waals surface area (Å²) in [5, 5.41) is 18.5. The maximum Gasteiger partial charge on any atom is 0.315 e. The molecular formula is C26H34N4O4S. The molecule has 3 amide bonds. The summed E-state index contributed by atoms with van der Waals surface area (Å²) >= 11 is 1.69. The highest BCUT2D eigenvalue weighted by molar-refractivity contribution is 7.98. The van der Waals surface area contributed by atoms with Crippen molar-refractivity contribution in [3.63, 3.8) is 0 Å². The van der Waals surface area contributed by atoms with E-state index in [9.17, 15) is 14.7 Å². The van der Waals surface area contributed by atoms with Gasteiger partial charge in [0.05, 0.1) is 25.3 Å². The third-order valence-corrected chi connectivity index (χ3v) is 7.35. The van der Waals surface area contributed by atoms with Crippen LogP contribution >= 0.6 is 11.8 Å². The SMILES string of the molecule is CC[C@@H]1OC[C@@H](O)Nc2ccc(CNC(=O)NCC(=O)N3CCC[C@@H]3c3ccccc3SC)cc21. The number of rotatable bonds is 7. The molecule has 0 aliphatic carbocycles. The molecule has 2 aromatic carbocycles. The molecule has 0 bridgehead atoms. The second-order valence-electron chi connectivity index (χ2n) is 8.84. The number of aliphatic hydroxyl groups excluding tert-OH is 1. The molecule has 4 rings (SSSR count). The first-order chi connectivity index (χ1) is 17.0. The Bertz CT molecular complexity index is 1050. The first kappa shape index (κ1) is 25.3. The predicted octanol–water partition coefficient (Wildman–Crippen LogP) is 3.78. The fourth-order valence-electron chi connectivity index (χ4n) is 4.81. The minimum Gasteiger partial charge on any atom is -0.371 e. The second-order valence-corrected chi connectivity index (χ2v) is 9.68. The summed E-state index contributed by atoms with van der Waals surface area (Å²) in [4.78, 5) is 28.4. The lowest BCUT2D eigenvalue weighted by Crippen LogP contribution is -2.43. The van der Waals surface area contributed by atoms with E-state index in [0.717, 1.165) is 36.1 Å². The van der Waals surface area contributed by atoms with Crippen molar-refractivity contribution in [3.8, 4) is 0 Å². The molecule has 0 spiro atoms. The van der Waals surface area contributed by atoms with Gasteiger partial charge in [-0.1, -0.05) is 31.2 Å². The summed E-state index contributed by atoms with van der Waals surface area (Å²) in [5.74, 6) is -0.0730. The molecule has 2 aromatic rings. The number of anilines is 1. The number of thioether (sulfide) groups is 1. The predicted molar refractivity (Wildman–Crippen MR) is 137 cm³/mol. The monoisotopic (exact) mass is 498 g/mol. The fraction of sp³-hybridized carbons (Fsp3) is 0.462. The first-order valence-electron chi connectivity index (χ1n) is 12.1. The standard InChI is InChI=1S/C26H34N4O4S/c1-3-22-19-13-17(10-11-20(19)29-24(31)16-34-22)14-27-26(33)28-15-25(32)30-12-6-8-21(30)18-7-4-5-9-23(18)35-2/h4-5,7,9-11,13,21-22,24,29,31H,3,6,8,12,14-16H2,1-2H3,(H2,27,28,33)/t21-,22+,24-/m1/s1. The lowest BCUT2D eigenvalue weighted by molar-refractivity contribution is -0.131. The molecule has 4 N–H and O–H groups in total. The number of nitrogens with one attached hydrogen (secondary N) is 3. The number of urea groups is 1. The van der Waals surface area contributed by atoms with E-state index >= 15 is 0 Å². The summed E-state index contributed by atoms with van der Waals surface area (Å²) in [6.07, 6.45) is 3.85. The Morgan fingerprint density at radius 2 is 2.03 bits per heavy atom. The smallest absolute Gasteiger partial charge is 0.315 e. The number of nitrogens with zero attached hydrogens (tertiary/aromatic N) is 1. The van der Waals surface area contributed by atoms with Crippen molar-refractivity contribution in [2.45, 2.75) is 56.0 Å². The highest BCUT2D eigenvalue weighted by Crippen LogP contribution is 2.36. The van der Waals surface area contributed by atoms with Crippen LogP contribution in [0.1, 0.15) is 55.0 Å². The average molecular weight is 499 g/mol. The van der Waals surface area contributed by atoms with Crippen LogP contribution in [-0.2, 0) is 16.1 Å². The highest BCUT2D eigenvalue weighted by Gasteiger charge is 2.31. The van der Waals surface area contributed by atoms with Crippen LogP contribution in [0, 0.1) is 0 Å². The molecule has 2 aliphatic heterocycles. The lowest BCUT2D eigenvalue weighted by atomic mass is 10.0. The number of fused-ring (bicyclic) bond motifs is 1.